The molecule has 0 aliphatic carbocycles. The predicted octanol–water partition coefficient (Wildman–Crippen LogP) is 4.81. The first kappa shape index (κ1) is 20.9. The first-order valence-electron chi connectivity index (χ1n) is 9.50. The molecule has 2 aromatic rings. The lowest BCUT2D eigenvalue weighted by molar-refractivity contribution is -0.137. The van der Waals surface area contributed by atoms with E-state index in [4.69, 9.17) is 0 Å². The second-order valence-electron chi connectivity index (χ2n) is 7.41. The van der Waals surface area contributed by atoms with Crippen molar-refractivity contribution in [1.29, 1.82) is 0 Å². The number of carbonyl (C=O) groups is 2. The quantitative estimate of drug-likeness (QED) is 0.798. The van der Waals surface area contributed by atoms with E-state index in [9.17, 15) is 22.8 Å². The topological polar surface area (TPSA) is 49.4 Å². The number of hydrogen-bond acceptors (Lipinski definition) is 2. The molecule has 1 unspecified atom stereocenters. The van der Waals surface area contributed by atoms with Gasteiger partial charge >= 0.3 is 6.18 Å². The van der Waals surface area contributed by atoms with Crippen LogP contribution in [0.1, 0.15) is 39.9 Å². The summed E-state index contributed by atoms with van der Waals surface area (Å²) in [5.74, 6) is -1.07. The fraction of sp³-hybridized carbons (Fsp3) is 0.364. The molecule has 2 aromatic carbocycles. The molecule has 1 fully saturated rings. The Kier molecular flexibility index (Phi) is 5.96. The fourth-order valence-electron chi connectivity index (χ4n) is 3.51. The van der Waals surface area contributed by atoms with E-state index in [0.29, 0.717) is 19.4 Å². The van der Waals surface area contributed by atoms with Gasteiger partial charge < -0.3 is 10.2 Å². The Morgan fingerprint density at radius 3 is 2.55 bits per heavy atom. The molecule has 1 heterocycles. The molecular weight excluding hydrogens is 381 g/mol. The highest BCUT2D eigenvalue weighted by molar-refractivity contribution is 5.96. The van der Waals surface area contributed by atoms with Gasteiger partial charge in [0.1, 0.15) is 0 Å². The van der Waals surface area contributed by atoms with Crippen LogP contribution in [0.5, 0.6) is 0 Å². The number of anilines is 1. The number of halogens is 3. The number of benzene rings is 2. The Bertz CT molecular complexity index is 925. The van der Waals surface area contributed by atoms with E-state index < -0.39 is 23.6 Å². The fourth-order valence-corrected chi connectivity index (χ4v) is 3.51. The highest BCUT2D eigenvalue weighted by Gasteiger charge is 2.33. The van der Waals surface area contributed by atoms with Crippen LogP contribution in [0.4, 0.5) is 18.9 Å². The molecule has 1 atom stereocenters. The number of aryl methyl sites for hydroxylation is 1. The van der Waals surface area contributed by atoms with Gasteiger partial charge in [0.2, 0.25) is 5.91 Å². The van der Waals surface area contributed by atoms with E-state index in [0.717, 1.165) is 28.9 Å². The second-order valence-corrected chi connectivity index (χ2v) is 7.41. The zero-order valence-electron chi connectivity index (χ0n) is 16.3. The third-order valence-corrected chi connectivity index (χ3v) is 5.38. The molecular formula is C22H23F3N2O2. The number of carbonyl (C=O) groups excluding carboxylic acids is 2. The van der Waals surface area contributed by atoms with E-state index in [1.54, 1.807) is 0 Å². The highest BCUT2D eigenvalue weighted by atomic mass is 19.4. The van der Waals surface area contributed by atoms with Crippen molar-refractivity contribution in [3.05, 3.63) is 64.7 Å². The SMILES string of the molecule is Cc1cccc(NC(=O)C2CCCN(C(=O)c3cccc(C(F)(F)F)c3)C2)c1C. The maximum atomic E-state index is 12.9. The van der Waals surface area contributed by atoms with Crippen molar-refractivity contribution in [2.75, 3.05) is 18.4 Å². The van der Waals surface area contributed by atoms with Gasteiger partial charge in [-0.2, -0.15) is 13.2 Å². The van der Waals surface area contributed by atoms with Gasteiger partial charge in [0.15, 0.2) is 0 Å². The highest BCUT2D eigenvalue weighted by Crippen LogP contribution is 2.30. The van der Waals surface area contributed by atoms with Gasteiger partial charge in [-0.05, 0) is 62.1 Å². The molecule has 4 nitrogen and oxygen atoms in total. The van der Waals surface area contributed by atoms with E-state index in [1.807, 2.05) is 32.0 Å². The molecule has 29 heavy (non-hydrogen) atoms. The lowest BCUT2D eigenvalue weighted by atomic mass is 9.96. The Hall–Kier alpha value is -2.83. The van der Waals surface area contributed by atoms with Crippen LogP contribution in [0, 0.1) is 19.8 Å². The van der Waals surface area contributed by atoms with Crippen molar-refractivity contribution in [1.82, 2.24) is 4.90 Å². The lowest BCUT2D eigenvalue weighted by Gasteiger charge is -2.32. The average molecular weight is 404 g/mol. The molecule has 1 aliphatic heterocycles. The van der Waals surface area contributed by atoms with Crippen LogP contribution in [0.2, 0.25) is 0 Å². The Morgan fingerprint density at radius 2 is 1.83 bits per heavy atom. The summed E-state index contributed by atoms with van der Waals surface area (Å²) in [4.78, 5) is 26.9. The number of piperidine rings is 1. The Morgan fingerprint density at radius 1 is 1.10 bits per heavy atom. The monoisotopic (exact) mass is 404 g/mol. The van der Waals surface area contributed by atoms with E-state index in [1.165, 1.54) is 17.0 Å². The third kappa shape index (κ3) is 4.78. The van der Waals surface area contributed by atoms with Gasteiger partial charge in [0, 0.05) is 24.3 Å². The minimum atomic E-state index is -4.51. The Balaban J connectivity index is 1.71. The second kappa shape index (κ2) is 8.27. The summed E-state index contributed by atoms with van der Waals surface area (Å²) in [7, 11) is 0. The molecule has 0 spiro atoms. The molecule has 7 heteroatoms. The minimum absolute atomic E-state index is 0.0181. The number of nitrogens with zero attached hydrogens (tertiary/aromatic N) is 1. The molecule has 0 bridgehead atoms. The minimum Gasteiger partial charge on any atom is -0.338 e. The largest absolute Gasteiger partial charge is 0.416 e. The normalized spacial score (nSPS) is 17.1. The van der Waals surface area contributed by atoms with Crippen molar-refractivity contribution >= 4 is 17.5 Å². The number of likely N-dealkylation sites (tertiary alicyclic amines) is 1. The van der Waals surface area contributed by atoms with Crippen LogP contribution >= 0.6 is 0 Å². The maximum absolute atomic E-state index is 12.9. The van der Waals surface area contributed by atoms with Gasteiger partial charge in [0.25, 0.3) is 5.91 Å². The zero-order chi connectivity index (χ0) is 21.2. The number of hydrogen-bond donors (Lipinski definition) is 1. The van der Waals surface area contributed by atoms with Crippen LogP contribution in [0.25, 0.3) is 0 Å². The third-order valence-electron chi connectivity index (χ3n) is 5.38. The number of amides is 2. The van der Waals surface area contributed by atoms with Crippen LogP contribution in [-0.4, -0.2) is 29.8 Å². The summed E-state index contributed by atoms with van der Waals surface area (Å²) >= 11 is 0. The van der Waals surface area contributed by atoms with Crippen molar-refractivity contribution < 1.29 is 22.8 Å². The first-order valence-corrected chi connectivity index (χ1v) is 9.50. The summed E-state index contributed by atoms with van der Waals surface area (Å²) in [5.41, 5.74) is 1.90. The molecule has 3 rings (SSSR count). The van der Waals surface area contributed by atoms with Crippen molar-refractivity contribution in [2.24, 2.45) is 5.92 Å². The molecule has 2 amide bonds. The molecule has 154 valence electrons. The van der Waals surface area contributed by atoms with Crippen LogP contribution in [-0.2, 0) is 11.0 Å². The summed E-state index contributed by atoms with van der Waals surface area (Å²) in [6, 6.07) is 10.1. The summed E-state index contributed by atoms with van der Waals surface area (Å²) in [6.45, 7) is 4.49. The van der Waals surface area contributed by atoms with Gasteiger partial charge in [0.05, 0.1) is 11.5 Å². The Labute approximate surface area is 167 Å². The standard InChI is InChI=1S/C22H23F3N2O2/c1-14-6-3-10-19(15(14)2)26-20(28)17-8-5-11-27(13-17)21(29)16-7-4-9-18(12-16)22(23,24)25/h3-4,6-7,9-10,12,17H,5,8,11,13H2,1-2H3,(H,26,28). The molecule has 0 aromatic heterocycles. The predicted molar refractivity (Wildman–Crippen MR) is 105 cm³/mol. The van der Waals surface area contributed by atoms with E-state index in [2.05, 4.69) is 5.32 Å². The van der Waals surface area contributed by atoms with Gasteiger partial charge in [-0.15, -0.1) is 0 Å². The maximum Gasteiger partial charge on any atom is 0.416 e. The molecule has 0 radical (unpaired) electrons. The van der Waals surface area contributed by atoms with Crippen LogP contribution in [0.3, 0.4) is 0 Å². The van der Waals surface area contributed by atoms with Gasteiger partial charge in [-0.1, -0.05) is 18.2 Å². The molecule has 1 saturated heterocycles. The van der Waals surface area contributed by atoms with Gasteiger partial charge in [-0.25, -0.2) is 0 Å². The summed E-state index contributed by atoms with van der Waals surface area (Å²) in [6.07, 6.45) is -3.26. The molecule has 0 saturated carbocycles. The van der Waals surface area contributed by atoms with Crippen molar-refractivity contribution in [3.63, 3.8) is 0 Å². The first-order chi connectivity index (χ1) is 13.7. The van der Waals surface area contributed by atoms with Crippen LogP contribution in [0.15, 0.2) is 42.5 Å². The van der Waals surface area contributed by atoms with E-state index in [-0.39, 0.29) is 18.0 Å². The van der Waals surface area contributed by atoms with Crippen LogP contribution < -0.4 is 5.32 Å². The van der Waals surface area contributed by atoms with Crippen molar-refractivity contribution in [3.8, 4) is 0 Å². The summed E-state index contributed by atoms with van der Waals surface area (Å²) < 4.78 is 38.8. The molecule has 1 N–H and O–H groups in total. The van der Waals surface area contributed by atoms with E-state index >= 15 is 0 Å². The molecule has 1 aliphatic rings. The van der Waals surface area contributed by atoms with Crippen molar-refractivity contribution in [2.45, 2.75) is 32.9 Å². The lowest BCUT2D eigenvalue weighted by Crippen LogP contribution is -2.43. The zero-order valence-corrected chi connectivity index (χ0v) is 16.3. The number of rotatable bonds is 3. The smallest absolute Gasteiger partial charge is 0.338 e. The average Bonchev–Trinajstić information content (AvgIpc) is 2.70. The number of alkyl halides is 3. The number of nitrogens with one attached hydrogen (secondary N) is 1. The summed E-state index contributed by atoms with van der Waals surface area (Å²) in [5, 5.41) is 2.92. The van der Waals surface area contributed by atoms with Gasteiger partial charge in [-0.3, -0.25) is 9.59 Å².